The molecule has 1 aliphatic rings. The van der Waals surface area contributed by atoms with Crippen LogP contribution in [0.5, 0.6) is 0 Å². The number of carbonyl (C=O) groups is 3. The van der Waals surface area contributed by atoms with Gasteiger partial charge in [-0.15, -0.1) is 0 Å². The molecule has 0 atom stereocenters. The first-order valence-electron chi connectivity index (χ1n) is 8.82. The van der Waals surface area contributed by atoms with Crippen molar-refractivity contribution in [1.29, 1.82) is 5.26 Å². The first kappa shape index (κ1) is 18.1. The van der Waals surface area contributed by atoms with Crippen LogP contribution in [0.4, 0.5) is 5.69 Å². The number of fused-ring (bicyclic) bond motifs is 1. The Labute approximate surface area is 166 Å². The summed E-state index contributed by atoms with van der Waals surface area (Å²) in [6.07, 6.45) is 0. The third-order valence-electron chi connectivity index (χ3n) is 4.61. The smallest absolute Gasteiger partial charge is 0.338 e. The molecule has 0 saturated carbocycles. The molecule has 3 aromatic rings. The van der Waals surface area contributed by atoms with Gasteiger partial charge in [-0.25, -0.2) is 9.69 Å². The molecule has 0 N–H and O–H groups in total. The first-order valence-corrected chi connectivity index (χ1v) is 8.82. The highest BCUT2D eigenvalue weighted by atomic mass is 16.5. The number of carbonyl (C=O) groups excluding carboxylic acids is 3. The second-order valence-corrected chi connectivity index (χ2v) is 6.42. The summed E-state index contributed by atoms with van der Waals surface area (Å²) in [5.74, 6) is -1.30. The highest BCUT2D eigenvalue weighted by molar-refractivity contribution is 6.34. The molecular weight excluding hydrogens is 368 g/mol. The maximum Gasteiger partial charge on any atom is 0.338 e. The lowest BCUT2D eigenvalue weighted by atomic mass is 10.1. The van der Waals surface area contributed by atoms with E-state index in [0.29, 0.717) is 27.9 Å². The van der Waals surface area contributed by atoms with Gasteiger partial charge in [0.15, 0.2) is 0 Å². The number of esters is 1. The number of rotatable bonds is 4. The van der Waals surface area contributed by atoms with Crippen LogP contribution in [0.3, 0.4) is 0 Å². The first-order chi connectivity index (χ1) is 14.1. The topological polar surface area (TPSA) is 87.5 Å². The van der Waals surface area contributed by atoms with Crippen molar-refractivity contribution in [1.82, 2.24) is 0 Å². The lowest BCUT2D eigenvalue weighted by Gasteiger charge is -2.14. The summed E-state index contributed by atoms with van der Waals surface area (Å²) in [5, 5.41) is 8.80. The minimum Gasteiger partial charge on any atom is -0.457 e. The van der Waals surface area contributed by atoms with E-state index in [9.17, 15) is 14.4 Å². The van der Waals surface area contributed by atoms with Gasteiger partial charge in [0.2, 0.25) is 0 Å². The molecule has 4 rings (SSSR count). The molecule has 6 nitrogen and oxygen atoms in total. The Morgan fingerprint density at radius 1 is 0.862 bits per heavy atom. The van der Waals surface area contributed by atoms with Crippen molar-refractivity contribution >= 4 is 23.5 Å². The number of anilines is 1. The van der Waals surface area contributed by atoms with Crippen LogP contribution < -0.4 is 4.90 Å². The van der Waals surface area contributed by atoms with Gasteiger partial charge >= 0.3 is 5.97 Å². The van der Waals surface area contributed by atoms with Gasteiger partial charge in [-0.1, -0.05) is 24.3 Å². The molecule has 0 radical (unpaired) electrons. The molecule has 0 spiro atoms. The van der Waals surface area contributed by atoms with Crippen LogP contribution in [0, 0.1) is 11.3 Å². The van der Waals surface area contributed by atoms with Crippen molar-refractivity contribution in [3.05, 3.63) is 101 Å². The van der Waals surface area contributed by atoms with Crippen LogP contribution in [0.15, 0.2) is 72.8 Å². The minimum absolute atomic E-state index is 0.0741. The Balaban J connectivity index is 1.45. The molecule has 0 aliphatic carbocycles. The number of hydrogen-bond acceptors (Lipinski definition) is 5. The molecule has 0 fully saturated rings. The van der Waals surface area contributed by atoms with Gasteiger partial charge in [-0.2, -0.15) is 5.26 Å². The van der Waals surface area contributed by atoms with E-state index in [1.807, 2.05) is 6.07 Å². The Hall–Kier alpha value is -4.24. The molecule has 140 valence electrons. The number of nitriles is 1. The fourth-order valence-corrected chi connectivity index (χ4v) is 3.08. The second kappa shape index (κ2) is 7.41. The summed E-state index contributed by atoms with van der Waals surface area (Å²) in [6.45, 7) is 0.0741. The lowest BCUT2D eigenvalue weighted by molar-refractivity contribution is 0.0472. The molecule has 29 heavy (non-hydrogen) atoms. The highest BCUT2D eigenvalue weighted by Gasteiger charge is 2.36. The van der Waals surface area contributed by atoms with Gasteiger partial charge in [0.05, 0.1) is 34.0 Å². The zero-order valence-corrected chi connectivity index (χ0v) is 15.2. The Morgan fingerprint density at radius 2 is 1.45 bits per heavy atom. The molecule has 0 aromatic heterocycles. The zero-order valence-electron chi connectivity index (χ0n) is 15.2. The van der Waals surface area contributed by atoms with E-state index in [1.165, 1.54) is 12.1 Å². The maximum atomic E-state index is 12.5. The van der Waals surface area contributed by atoms with Crippen LogP contribution in [0.25, 0.3) is 0 Å². The van der Waals surface area contributed by atoms with Crippen molar-refractivity contribution in [2.45, 2.75) is 6.61 Å². The average molecular weight is 382 g/mol. The predicted molar refractivity (Wildman–Crippen MR) is 104 cm³/mol. The van der Waals surface area contributed by atoms with Crippen LogP contribution >= 0.6 is 0 Å². The van der Waals surface area contributed by atoms with E-state index >= 15 is 0 Å². The number of hydrogen-bond donors (Lipinski definition) is 0. The van der Waals surface area contributed by atoms with Crippen molar-refractivity contribution < 1.29 is 19.1 Å². The monoisotopic (exact) mass is 382 g/mol. The van der Waals surface area contributed by atoms with E-state index in [0.717, 1.165) is 10.5 Å². The van der Waals surface area contributed by atoms with Crippen LogP contribution in [-0.4, -0.2) is 17.8 Å². The normalized spacial score (nSPS) is 12.4. The third-order valence-corrected chi connectivity index (χ3v) is 4.61. The zero-order chi connectivity index (χ0) is 20.4. The largest absolute Gasteiger partial charge is 0.457 e. The Morgan fingerprint density at radius 3 is 2.00 bits per heavy atom. The summed E-state index contributed by atoms with van der Waals surface area (Å²) < 4.78 is 5.28. The molecular formula is C23H14N2O4. The minimum atomic E-state index is -0.525. The number of amides is 2. The number of nitrogens with zero attached hydrogens (tertiary/aromatic N) is 2. The van der Waals surface area contributed by atoms with Gasteiger partial charge in [0, 0.05) is 0 Å². The van der Waals surface area contributed by atoms with Crippen molar-refractivity contribution in [2.24, 2.45) is 0 Å². The summed E-state index contributed by atoms with van der Waals surface area (Å²) >= 11 is 0. The molecule has 6 heteroatoms. The Kier molecular flexibility index (Phi) is 4.63. The molecule has 2 amide bonds. The number of benzene rings is 3. The summed E-state index contributed by atoms with van der Waals surface area (Å²) in [6, 6.07) is 21.5. The van der Waals surface area contributed by atoms with E-state index in [1.54, 1.807) is 60.7 Å². The SMILES string of the molecule is N#Cc1ccc(COC(=O)c2ccc(N3C(=O)c4ccccc4C3=O)cc2)cc1. The van der Waals surface area contributed by atoms with Gasteiger partial charge in [0.1, 0.15) is 6.61 Å². The fourth-order valence-electron chi connectivity index (χ4n) is 3.08. The van der Waals surface area contributed by atoms with Gasteiger partial charge in [-0.3, -0.25) is 9.59 Å². The van der Waals surface area contributed by atoms with Crippen molar-refractivity contribution in [3.63, 3.8) is 0 Å². The van der Waals surface area contributed by atoms with Crippen molar-refractivity contribution in [3.8, 4) is 6.07 Å². The number of ether oxygens (including phenoxy) is 1. The molecule has 1 aliphatic heterocycles. The van der Waals surface area contributed by atoms with E-state index < -0.39 is 5.97 Å². The van der Waals surface area contributed by atoms with Crippen LogP contribution in [0.2, 0.25) is 0 Å². The maximum absolute atomic E-state index is 12.5. The molecule has 0 unspecified atom stereocenters. The standard InChI is InChI=1S/C23H14N2O4/c24-13-15-5-7-16(8-6-15)14-29-23(28)17-9-11-18(12-10-17)25-21(26)19-3-1-2-4-20(19)22(25)27/h1-12H,14H2. The van der Waals surface area contributed by atoms with Crippen molar-refractivity contribution in [2.75, 3.05) is 4.90 Å². The summed E-state index contributed by atoms with van der Waals surface area (Å²) in [5.41, 5.74) is 2.72. The molecule has 0 saturated heterocycles. The Bertz CT molecular complexity index is 1120. The average Bonchev–Trinajstić information content (AvgIpc) is 3.03. The molecule has 3 aromatic carbocycles. The van der Waals surface area contributed by atoms with Crippen LogP contribution in [-0.2, 0) is 11.3 Å². The quantitative estimate of drug-likeness (QED) is 0.507. The highest BCUT2D eigenvalue weighted by Crippen LogP contribution is 2.28. The van der Waals surface area contributed by atoms with Gasteiger partial charge < -0.3 is 4.74 Å². The summed E-state index contributed by atoms with van der Waals surface area (Å²) in [4.78, 5) is 38.4. The van der Waals surface area contributed by atoms with Gasteiger partial charge in [-0.05, 0) is 54.1 Å². The van der Waals surface area contributed by atoms with E-state index in [2.05, 4.69) is 0 Å². The molecule has 1 heterocycles. The third kappa shape index (κ3) is 3.37. The lowest BCUT2D eigenvalue weighted by Crippen LogP contribution is -2.29. The van der Waals surface area contributed by atoms with E-state index in [4.69, 9.17) is 10.00 Å². The van der Waals surface area contributed by atoms with Crippen LogP contribution in [0.1, 0.15) is 42.2 Å². The second-order valence-electron chi connectivity index (χ2n) is 6.42. The fraction of sp³-hybridized carbons (Fsp3) is 0.0435. The predicted octanol–water partition coefficient (Wildman–Crippen LogP) is 3.72. The summed E-state index contributed by atoms with van der Waals surface area (Å²) in [7, 11) is 0. The molecule has 0 bridgehead atoms. The van der Waals surface area contributed by atoms with E-state index in [-0.39, 0.29) is 18.4 Å². The number of imide groups is 1. The van der Waals surface area contributed by atoms with Gasteiger partial charge in [0.25, 0.3) is 11.8 Å².